The van der Waals surface area contributed by atoms with E-state index >= 15 is 0 Å². The Morgan fingerprint density at radius 3 is 0.800 bits per heavy atom. The third-order valence-corrected chi connectivity index (χ3v) is 0. The predicted octanol–water partition coefficient (Wildman–Crippen LogP) is -6.21. The van der Waals surface area contributed by atoms with E-state index in [0.29, 0.717) is 0 Å². The molecule has 0 aliphatic carbocycles. The summed E-state index contributed by atoms with van der Waals surface area (Å²) in [5, 5.41) is 0. The largest absolute Gasteiger partial charge is 0.412 e. The Morgan fingerprint density at radius 1 is 0.800 bits per heavy atom. The molecule has 0 bridgehead atoms. The molecular weight excluding hydrogens is 183 g/mol. The Balaban J connectivity index is -0.000000000952. The molecule has 0 aliphatic rings. The molecule has 0 rings (SSSR count). The summed E-state index contributed by atoms with van der Waals surface area (Å²) in [6, 6.07) is 0. The van der Waals surface area contributed by atoms with Crippen LogP contribution in [0.4, 0.5) is 0 Å². The fourth-order valence-electron chi connectivity index (χ4n) is 0. The molecule has 8 nitrogen and oxygen atoms in total. The first-order valence-corrected chi connectivity index (χ1v) is 1.48. The highest BCUT2D eigenvalue weighted by atomic mass is 31.1. The minimum absolute atomic E-state index is 0. The van der Waals surface area contributed by atoms with Crippen molar-refractivity contribution in [2.24, 2.45) is 0 Å². The number of rotatable bonds is 0. The van der Waals surface area contributed by atoms with E-state index in [1.54, 1.807) is 0 Å². The lowest BCUT2D eigenvalue weighted by Crippen LogP contribution is -1.03. The minimum Gasteiger partial charge on any atom is -0.412 e. The Kier molecular flexibility index (Phi) is 3440. The van der Waals surface area contributed by atoms with Gasteiger partial charge in [-0.15, -0.1) is 0 Å². The standard InChI is InChI=1S/Mg.H3O2P.6H2O.2H/c;1-3-2;;;;;;;;/h;3H2,(H,1,2);6*1H2;;. The van der Waals surface area contributed by atoms with E-state index in [9.17, 15) is 0 Å². The van der Waals surface area contributed by atoms with Crippen molar-refractivity contribution >= 4 is 31.7 Å². The van der Waals surface area contributed by atoms with Crippen LogP contribution >= 0.6 is 8.69 Å². The minimum atomic E-state index is -1.50. The van der Waals surface area contributed by atoms with Gasteiger partial charge in [0.2, 0.25) is 0 Å². The van der Waals surface area contributed by atoms with Crippen LogP contribution in [-0.2, 0) is 4.57 Å². The Morgan fingerprint density at radius 2 is 0.800 bits per heavy atom. The first-order valence-electron chi connectivity index (χ1n) is 0.494. The SMILES string of the molecule is O.O.O.O.O.O.O=[PH2]O.[MgH2]. The molecule has 0 aromatic carbocycles. The van der Waals surface area contributed by atoms with Crippen LogP contribution in [0.5, 0.6) is 0 Å². The zero-order valence-electron chi connectivity index (χ0n) is 4.43. The lowest BCUT2D eigenvalue weighted by atomic mass is 15.9. The van der Waals surface area contributed by atoms with Crippen LogP contribution in [0.25, 0.3) is 0 Å². The molecule has 72 valence electrons. The average Bonchev–Trinajstić information content (AvgIpc) is 0.918. The molecule has 0 saturated heterocycles. The van der Waals surface area contributed by atoms with Crippen molar-refractivity contribution in [2.75, 3.05) is 0 Å². The second-order valence-electron chi connectivity index (χ2n) is 0.105. The molecular formula is H17MgO8P. The highest BCUT2D eigenvalue weighted by Gasteiger charge is 1.17. The number of hydrogen-bond donors (Lipinski definition) is 1. The zero-order valence-corrected chi connectivity index (χ0v) is 5.59. The molecule has 1 unspecified atom stereocenters. The van der Waals surface area contributed by atoms with Crippen molar-refractivity contribution < 1.29 is 42.3 Å². The molecule has 0 radical (unpaired) electrons. The quantitative estimate of drug-likeness (QED) is 0.297. The molecule has 0 amide bonds. The summed E-state index contributed by atoms with van der Waals surface area (Å²) in [4.78, 5) is 7.10. The highest BCUT2D eigenvalue weighted by Crippen LogP contribution is 1.66. The maximum Gasteiger partial charge on any atom is 0.316 e. The van der Waals surface area contributed by atoms with Crippen LogP contribution in [-0.4, -0.2) is 60.8 Å². The molecule has 0 aliphatic heterocycles. The molecule has 0 spiro atoms. The molecule has 0 aromatic heterocycles. The molecule has 13 N–H and O–H groups in total. The van der Waals surface area contributed by atoms with E-state index < -0.39 is 8.69 Å². The smallest absolute Gasteiger partial charge is 0.316 e. The van der Waals surface area contributed by atoms with Crippen molar-refractivity contribution in [1.29, 1.82) is 0 Å². The van der Waals surface area contributed by atoms with E-state index in [1.165, 1.54) is 0 Å². The van der Waals surface area contributed by atoms with Crippen LogP contribution in [0.3, 0.4) is 0 Å². The first-order chi connectivity index (χ1) is 1.41. The van der Waals surface area contributed by atoms with Gasteiger partial charge in [-0.25, -0.2) is 0 Å². The third kappa shape index (κ3) is 1010. The molecule has 1 atom stereocenters. The number of hydrogen-bond acceptors (Lipinski definition) is 1. The van der Waals surface area contributed by atoms with Gasteiger partial charge in [0.15, 0.2) is 8.69 Å². The maximum atomic E-state index is 8.57. The summed E-state index contributed by atoms with van der Waals surface area (Å²) >= 11 is 0. The van der Waals surface area contributed by atoms with Crippen LogP contribution in [0.2, 0.25) is 0 Å². The van der Waals surface area contributed by atoms with E-state index in [0.717, 1.165) is 0 Å². The van der Waals surface area contributed by atoms with Gasteiger partial charge in [-0.1, -0.05) is 0 Å². The van der Waals surface area contributed by atoms with Crippen molar-refractivity contribution in [3.05, 3.63) is 0 Å². The topological polar surface area (TPSA) is 226 Å². The molecule has 10 heteroatoms. The summed E-state index contributed by atoms with van der Waals surface area (Å²) < 4.78 is 8.57. The van der Waals surface area contributed by atoms with Crippen LogP contribution in [0.15, 0.2) is 0 Å². The summed E-state index contributed by atoms with van der Waals surface area (Å²) in [5.41, 5.74) is 0. The first kappa shape index (κ1) is 137. The molecule has 0 heterocycles. The second-order valence-corrected chi connectivity index (χ2v) is 0.316. The summed E-state index contributed by atoms with van der Waals surface area (Å²) in [5.74, 6) is 0. The van der Waals surface area contributed by atoms with E-state index in [4.69, 9.17) is 9.46 Å². The van der Waals surface area contributed by atoms with Crippen LogP contribution in [0.1, 0.15) is 0 Å². The van der Waals surface area contributed by atoms with Gasteiger partial charge in [0.1, 0.15) is 0 Å². The summed E-state index contributed by atoms with van der Waals surface area (Å²) in [6.07, 6.45) is 0. The maximum absolute atomic E-state index is 8.57. The van der Waals surface area contributed by atoms with E-state index in [-0.39, 0.29) is 55.9 Å². The monoisotopic (exact) mass is 200 g/mol. The molecule has 0 aromatic rings. The third-order valence-electron chi connectivity index (χ3n) is 0. The average molecular weight is 200 g/mol. The van der Waals surface area contributed by atoms with Gasteiger partial charge in [0.05, 0.1) is 0 Å². The van der Waals surface area contributed by atoms with Crippen molar-refractivity contribution in [1.82, 2.24) is 0 Å². The molecule has 0 fully saturated rings. The van der Waals surface area contributed by atoms with Gasteiger partial charge >= 0.3 is 23.1 Å². The Labute approximate surface area is 74.5 Å². The van der Waals surface area contributed by atoms with E-state index in [2.05, 4.69) is 0 Å². The van der Waals surface area contributed by atoms with Crippen molar-refractivity contribution in [2.45, 2.75) is 0 Å². The lowest BCUT2D eigenvalue weighted by Gasteiger charge is -1.33. The van der Waals surface area contributed by atoms with Gasteiger partial charge in [-0.05, 0) is 0 Å². The predicted molar refractivity (Wildman–Crippen MR) is 42.8 cm³/mol. The Bertz CT molecular complexity index is 16.7. The Hall–Kier alpha value is 0.716. The van der Waals surface area contributed by atoms with Gasteiger partial charge in [-0.3, -0.25) is 4.57 Å². The van der Waals surface area contributed by atoms with Gasteiger partial charge in [-0.2, -0.15) is 0 Å². The van der Waals surface area contributed by atoms with Crippen molar-refractivity contribution in [3.8, 4) is 0 Å². The highest BCUT2D eigenvalue weighted by molar-refractivity contribution is 7.16. The van der Waals surface area contributed by atoms with Gasteiger partial charge < -0.3 is 37.8 Å². The van der Waals surface area contributed by atoms with E-state index in [1.807, 2.05) is 0 Å². The fourth-order valence-corrected chi connectivity index (χ4v) is 0. The molecule has 10 heavy (non-hydrogen) atoms. The summed E-state index contributed by atoms with van der Waals surface area (Å²) in [7, 11) is -1.50. The van der Waals surface area contributed by atoms with Crippen LogP contribution < -0.4 is 0 Å². The zero-order chi connectivity index (χ0) is 2.71. The fraction of sp³-hybridized carbons (Fsp3) is 0. The van der Waals surface area contributed by atoms with Crippen molar-refractivity contribution in [3.63, 3.8) is 0 Å². The normalized spacial score (nSPS) is 2.90. The summed E-state index contributed by atoms with van der Waals surface area (Å²) in [6.45, 7) is 0. The molecule has 0 saturated carbocycles. The van der Waals surface area contributed by atoms with Crippen LogP contribution in [0, 0.1) is 0 Å². The second kappa shape index (κ2) is 251. The lowest BCUT2D eigenvalue weighted by molar-refractivity contribution is 0.524. The van der Waals surface area contributed by atoms with Gasteiger partial charge in [0.25, 0.3) is 0 Å². The van der Waals surface area contributed by atoms with Gasteiger partial charge in [0, 0.05) is 0 Å².